The molecule has 8 nitrogen and oxygen atoms in total. The van der Waals surface area contributed by atoms with Gasteiger partial charge in [0.1, 0.15) is 0 Å². The van der Waals surface area contributed by atoms with Gasteiger partial charge in [-0.2, -0.15) is 9.59 Å². The van der Waals surface area contributed by atoms with Crippen LogP contribution < -0.4 is 0 Å². The molecule has 38 heavy (non-hydrogen) atoms. The highest BCUT2D eigenvalue weighted by Crippen LogP contribution is 2.24. The van der Waals surface area contributed by atoms with Crippen molar-refractivity contribution in [3.63, 3.8) is 0 Å². The molecule has 0 bridgehead atoms. The number of carbonyl (C=O) groups excluding carboxylic acids is 3. The summed E-state index contributed by atoms with van der Waals surface area (Å²) in [5, 5.41) is 8.56. The van der Waals surface area contributed by atoms with Crippen molar-refractivity contribution in [2.75, 3.05) is 13.1 Å². The van der Waals surface area contributed by atoms with Crippen molar-refractivity contribution in [1.82, 2.24) is 14.9 Å². The Hall–Kier alpha value is -3.81. The van der Waals surface area contributed by atoms with Crippen molar-refractivity contribution >= 4 is 29.8 Å². The number of pyridine rings is 2. The van der Waals surface area contributed by atoms with Gasteiger partial charge in [-0.1, -0.05) is 31.5 Å². The number of benzene rings is 1. The molecular formula is C29H33N3O5S. The Bertz CT molecular complexity index is 1240. The smallest absolute Gasteiger partial charge is 0.373 e. The summed E-state index contributed by atoms with van der Waals surface area (Å²) in [5.74, 6) is 0.753. The molecule has 1 amide bonds. The number of nitrogens with zero attached hydrogens (tertiary/aromatic N) is 3. The normalized spacial score (nSPS) is 12.8. The molecule has 1 saturated heterocycles. The average molecular weight is 536 g/mol. The van der Waals surface area contributed by atoms with Crippen molar-refractivity contribution in [3.8, 4) is 0 Å². The highest BCUT2D eigenvalue weighted by atomic mass is 32.2. The number of hydrogen-bond acceptors (Lipinski definition) is 7. The van der Waals surface area contributed by atoms with E-state index in [1.54, 1.807) is 30.2 Å². The van der Waals surface area contributed by atoms with Gasteiger partial charge >= 0.3 is 12.1 Å². The molecule has 1 fully saturated rings. The van der Waals surface area contributed by atoms with E-state index < -0.39 is 5.97 Å². The monoisotopic (exact) mass is 535 g/mol. The Balaban J connectivity index is 0.000000302. The van der Waals surface area contributed by atoms with E-state index in [0.29, 0.717) is 5.56 Å². The predicted molar refractivity (Wildman–Crippen MR) is 145 cm³/mol. The van der Waals surface area contributed by atoms with Crippen LogP contribution in [0.4, 0.5) is 0 Å². The van der Waals surface area contributed by atoms with Gasteiger partial charge in [0, 0.05) is 48.5 Å². The molecule has 0 unspecified atom stereocenters. The number of carboxylic acids is 1. The van der Waals surface area contributed by atoms with Gasteiger partial charge in [0.05, 0.1) is 11.1 Å². The maximum atomic E-state index is 12.7. The third-order valence-electron chi connectivity index (χ3n) is 5.96. The highest BCUT2D eigenvalue weighted by Gasteiger charge is 2.21. The number of amides is 1. The second kappa shape index (κ2) is 16.1. The minimum absolute atomic E-state index is 0.122. The molecule has 9 heteroatoms. The van der Waals surface area contributed by atoms with E-state index in [1.165, 1.54) is 16.7 Å². The van der Waals surface area contributed by atoms with Gasteiger partial charge in [0.2, 0.25) is 0 Å². The zero-order valence-corrected chi connectivity index (χ0v) is 22.7. The summed E-state index contributed by atoms with van der Waals surface area (Å²) < 4.78 is 0. The molecule has 0 atom stereocenters. The highest BCUT2D eigenvalue weighted by molar-refractivity contribution is 7.98. The van der Waals surface area contributed by atoms with Crippen LogP contribution in [0, 0.1) is 12.8 Å². The van der Waals surface area contributed by atoms with Gasteiger partial charge in [-0.05, 0) is 67.5 Å². The number of hydrogen-bond donors (Lipinski definition) is 1. The summed E-state index contributed by atoms with van der Waals surface area (Å²) in [4.78, 5) is 50.6. The van der Waals surface area contributed by atoms with Gasteiger partial charge in [-0.3, -0.25) is 14.8 Å². The van der Waals surface area contributed by atoms with Crippen LogP contribution in [0.1, 0.15) is 64.1 Å². The van der Waals surface area contributed by atoms with Crippen LogP contribution in [-0.4, -0.2) is 51.1 Å². The van der Waals surface area contributed by atoms with Crippen LogP contribution in [0.25, 0.3) is 0 Å². The standard InChI is InChI=1S/C20H24N2OS.C8H9NO2.CO2/c1-15-6-8-22(9-7-15)20(23)18-11-17(12-21-13-18)14-24-19-5-3-4-16(2)10-19;1-2-6-3-7(8(10)11)5-9-4-6;2-1-3/h3-5,10-13,15H,6-9,14H2,1-2H3;3-5H,2H2,1H3,(H,10,11);. The van der Waals surface area contributed by atoms with Crippen LogP contribution in [0.3, 0.4) is 0 Å². The minimum Gasteiger partial charge on any atom is -0.478 e. The van der Waals surface area contributed by atoms with Crippen LogP contribution >= 0.6 is 11.8 Å². The lowest BCUT2D eigenvalue weighted by Gasteiger charge is -2.30. The summed E-state index contributed by atoms with van der Waals surface area (Å²) in [5.41, 5.74) is 4.28. The van der Waals surface area contributed by atoms with Crippen molar-refractivity contribution < 1.29 is 24.3 Å². The van der Waals surface area contributed by atoms with Crippen LogP contribution in [0.2, 0.25) is 0 Å². The molecule has 1 N–H and O–H groups in total. The second-order valence-electron chi connectivity index (χ2n) is 8.99. The number of piperidine rings is 1. The average Bonchev–Trinajstić information content (AvgIpc) is 2.93. The molecule has 4 rings (SSSR count). The maximum Gasteiger partial charge on any atom is 0.373 e. The molecule has 1 aliphatic heterocycles. The van der Waals surface area contributed by atoms with Gasteiger partial charge in [-0.15, -0.1) is 11.8 Å². The number of thioether (sulfide) groups is 1. The number of carboxylic acid groups (broad SMARTS) is 1. The lowest BCUT2D eigenvalue weighted by molar-refractivity contribution is -0.191. The van der Waals surface area contributed by atoms with Gasteiger partial charge < -0.3 is 10.0 Å². The number of likely N-dealkylation sites (tertiary alicyclic amines) is 1. The molecule has 0 spiro atoms. The summed E-state index contributed by atoms with van der Waals surface area (Å²) >= 11 is 1.78. The SMILES string of the molecule is CCc1cncc(C(=O)O)c1.Cc1cccc(SCc2cncc(C(=O)N3CCC(C)CC3)c2)c1.O=C=O. The molecular weight excluding hydrogens is 502 g/mol. The predicted octanol–water partition coefficient (Wildman–Crippen LogP) is 5.31. The first kappa shape index (κ1) is 30.4. The fourth-order valence-corrected chi connectivity index (χ4v) is 4.68. The molecule has 0 aliphatic carbocycles. The van der Waals surface area contributed by atoms with Crippen LogP contribution in [0.15, 0.2) is 66.1 Å². The Morgan fingerprint density at radius 3 is 2.21 bits per heavy atom. The van der Waals surface area contributed by atoms with Gasteiger partial charge in [0.25, 0.3) is 5.91 Å². The second-order valence-corrected chi connectivity index (χ2v) is 10.0. The van der Waals surface area contributed by atoms with E-state index in [2.05, 4.69) is 48.1 Å². The molecule has 3 heterocycles. The van der Waals surface area contributed by atoms with E-state index >= 15 is 0 Å². The molecule has 0 radical (unpaired) electrons. The van der Waals surface area contributed by atoms with Crippen molar-refractivity contribution in [2.45, 2.75) is 50.7 Å². The first-order chi connectivity index (χ1) is 18.3. The Morgan fingerprint density at radius 1 is 1.00 bits per heavy atom. The van der Waals surface area contributed by atoms with Gasteiger partial charge in [-0.25, -0.2) is 4.79 Å². The summed E-state index contributed by atoms with van der Waals surface area (Å²) in [7, 11) is 0. The number of rotatable bonds is 6. The summed E-state index contributed by atoms with van der Waals surface area (Å²) in [6.07, 6.45) is 9.84. The van der Waals surface area contributed by atoms with E-state index in [-0.39, 0.29) is 17.6 Å². The zero-order valence-electron chi connectivity index (χ0n) is 21.9. The number of carbonyl (C=O) groups is 2. The quantitative estimate of drug-likeness (QED) is 0.422. The Kier molecular flexibility index (Phi) is 12.9. The minimum atomic E-state index is -0.923. The summed E-state index contributed by atoms with van der Waals surface area (Å²) in [6.45, 7) is 8.05. The van der Waals surface area contributed by atoms with E-state index in [4.69, 9.17) is 14.7 Å². The fraction of sp³-hybridized carbons (Fsp3) is 0.345. The van der Waals surface area contributed by atoms with E-state index in [0.717, 1.165) is 55.1 Å². The van der Waals surface area contributed by atoms with Crippen LogP contribution in [0.5, 0.6) is 0 Å². The topological polar surface area (TPSA) is 118 Å². The Morgan fingerprint density at radius 2 is 1.61 bits per heavy atom. The lowest BCUT2D eigenvalue weighted by Crippen LogP contribution is -2.37. The molecule has 3 aromatic rings. The molecule has 2 aromatic heterocycles. The summed E-state index contributed by atoms with van der Waals surface area (Å²) in [6, 6.07) is 12.1. The van der Waals surface area contributed by atoms with Crippen molar-refractivity contribution in [3.05, 3.63) is 89.0 Å². The van der Waals surface area contributed by atoms with Gasteiger partial charge in [0.15, 0.2) is 0 Å². The maximum absolute atomic E-state index is 12.7. The molecule has 1 aromatic carbocycles. The first-order valence-corrected chi connectivity index (χ1v) is 13.3. The van der Waals surface area contributed by atoms with Crippen molar-refractivity contribution in [1.29, 1.82) is 0 Å². The third kappa shape index (κ3) is 10.3. The lowest BCUT2D eigenvalue weighted by atomic mass is 9.99. The molecule has 1 aliphatic rings. The van der Waals surface area contributed by atoms with E-state index in [1.807, 2.05) is 24.1 Å². The number of aryl methyl sites for hydroxylation is 2. The Labute approximate surface area is 227 Å². The van der Waals surface area contributed by atoms with Crippen molar-refractivity contribution in [2.24, 2.45) is 5.92 Å². The number of aromatic nitrogens is 2. The molecule has 0 saturated carbocycles. The largest absolute Gasteiger partial charge is 0.478 e. The molecule has 200 valence electrons. The third-order valence-corrected chi connectivity index (χ3v) is 7.02. The number of aromatic carboxylic acids is 1. The fourth-order valence-electron chi connectivity index (χ4n) is 3.75. The van der Waals surface area contributed by atoms with E-state index in [9.17, 15) is 9.59 Å². The zero-order chi connectivity index (χ0) is 27.9. The van der Waals surface area contributed by atoms with Crippen LogP contribution in [-0.2, 0) is 21.8 Å². The first-order valence-electron chi connectivity index (χ1n) is 12.4.